The van der Waals surface area contributed by atoms with Crippen LogP contribution in [-0.2, 0) is 17.8 Å². The minimum atomic E-state index is -0.200. The molecule has 3 heterocycles. The molecule has 3 aromatic heterocycles. The van der Waals surface area contributed by atoms with Gasteiger partial charge in [-0.05, 0) is 37.6 Å². The lowest BCUT2D eigenvalue weighted by atomic mass is 10.2. The van der Waals surface area contributed by atoms with E-state index in [1.165, 1.54) is 4.57 Å². The first kappa shape index (κ1) is 19.9. The van der Waals surface area contributed by atoms with Crippen molar-refractivity contribution in [1.29, 1.82) is 0 Å². The van der Waals surface area contributed by atoms with Crippen LogP contribution < -0.4 is 10.9 Å². The number of carbonyl (C=O) groups excluding carboxylic acids is 1. The van der Waals surface area contributed by atoms with Crippen molar-refractivity contribution in [3.05, 3.63) is 75.4 Å². The third kappa shape index (κ3) is 4.44. The van der Waals surface area contributed by atoms with Gasteiger partial charge in [0.25, 0.3) is 5.56 Å². The number of nitrogens with one attached hydrogen (secondary N) is 1. The molecule has 1 N–H and O–H groups in total. The van der Waals surface area contributed by atoms with Gasteiger partial charge in [-0.15, -0.1) is 11.3 Å². The Labute approximate surface area is 177 Å². The highest BCUT2D eigenvalue weighted by molar-refractivity contribution is 7.09. The smallest absolute Gasteiger partial charge is 0.261 e. The van der Waals surface area contributed by atoms with Crippen LogP contribution in [0.3, 0.4) is 0 Å². The Bertz CT molecular complexity index is 1230. The van der Waals surface area contributed by atoms with Crippen molar-refractivity contribution < 1.29 is 4.79 Å². The number of amides is 1. The maximum Gasteiger partial charge on any atom is 0.261 e. The van der Waals surface area contributed by atoms with Crippen LogP contribution in [0.1, 0.15) is 17.3 Å². The quantitative estimate of drug-likeness (QED) is 0.465. The first-order chi connectivity index (χ1) is 14.6. The van der Waals surface area contributed by atoms with Gasteiger partial charge in [-0.25, -0.2) is 9.97 Å². The molecule has 152 valence electrons. The molecule has 0 aliphatic rings. The second-order valence-corrected chi connectivity index (χ2v) is 7.83. The Morgan fingerprint density at radius 3 is 2.77 bits per heavy atom. The fraction of sp³-hybridized carbons (Fsp3) is 0.227. The van der Waals surface area contributed by atoms with Crippen molar-refractivity contribution in [3.63, 3.8) is 0 Å². The van der Waals surface area contributed by atoms with Crippen LogP contribution >= 0.6 is 11.3 Å². The van der Waals surface area contributed by atoms with E-state index in [4.69, 9.17) is 0 Å². The number of thiazole rings is 1. The topological polar surface area (TPSA) is 89.8 Å². The van der Waals surface area contributed by atoms with Gasteiger partial charge >= 0.3 is 0 Å². The van der Waals surface area contributed by atoms with Gasteiger partial charge in [0.05, 0.1) is 21.6 Å². The van der Waals surface area contributed by atoms with Crippen molar-refractivity contribution in [2.45, 2.75) is 26.3 Å². The number of hydrogen-bond acceptors (Lipinski definition) is 6. The summed E-state index contributed by atoms with van der Waals surface area (Å²) in [5.74, 6) is 0.328. The number of fused-ring (bicyclic) bond motifs is 1. The van der Waals surface area contributed by atoms with Gasteiger partial charge in [0.1, 0.15) is 12.4 Å². The van der Waals surface area contributed by atoms with Gasteiger partial charge in [0, 0.05) is 36.3 Å². The van der Waals surface area contributed by atoms with Gasteiger partial charge in [0.15, 0.2) is 0 Å². The second kappa shape index (κ2) is 8.96. The number of carbonyl (C=O) groups is 1. The number of rotatable bonds is 7. The molecule has 7 nitrogen and oxygen atoms in total. The van der Waals surface area contributed by atoms with Crippen LogP contribution in [0.2, 0.25) is 0 Å². The highest BCUT2D eigenvalue weighted by Crippen LogP contribution is 2.21. The van der Waals surface area contributed by atoms with E-state index in [1.54, 1.807) is 48.9 Å². The minimum absolute atomic E-state index is 0.0358. The molecule has 4 aromatic rings. The summed E-state index contributed by atoms with van der Waals surface area (Å²) in [6.45, 7) is 2.23. The summed E-state index contributed by atoms with van der Waals surface area (Å²) in [6, 6.07) is 11.0. The molecule has 4 rings (SSSR count). The molecule has 1 amide bonds. The molecule has 0 atom stereocenters. The van der Waals surface area contributed by atoms with Crippen LogP contribution in [0.5, 0.6) is 0 Å². The van der Waals surface area contributed by atoms with Gasteiger partial charge < -0.3 is 5.32 Å². The number of aromatic nitrogens is 4. The van der Waals surface area contributed by atoms with Crippen molar-refractivity contribution in [2.75, 3.05) is 6.54 Å². The summed E-state index contributed by atoms with van der Waals surface area (Å²) in [5.41, 5.74) is 2.44. The largest absolute Gasteiger partial charge is 0.355 e. The van der Waals surface area contributed by atoms with E-state index < -0.39 is 0 Å². The number of pyridine rings is 1. The predicted molar refractivity (Wildman–Crippen MR) is 117 cm³/mol. The summed E-state index contributed by atoms with van der Waals surface area (Å²) in [6.07, 6.45) is 5.06. The molecular formula is C22H21N5O2S. The molecule has 0 aliphatic carbocycles. The summed E-state index contributed by atoms with van der Waals surface area (Å²) < 4.78 is 1.42. The standard InChI is InChI=1S/C22H21N5O2S/c1-15-25-18-6-3-2-5-17(18)22(29)27(15)13-20(28)24-10-4-7-21-26-19(14-30-21)16-8-11-23-12-9-16/h2-3,5-6,8-9,11-12,14H,4,7,10,13H2,1H3,(H,24,28). The van der Waals surface area contributed by atoms with E-state index in [9.17, 15) is 9.59 Å². The van der Waals surface area contributed by atoms with E-state index in [0.717, 1.165) is 29.1 Å². The SMILES string of the molecule is Cc1nc2ccccc2c(=O)n1CC(=O)NCCCc1nc(-c2ccncc2)cs1. The summed E-state index contributed by atoms with van der Waals surface area (Å²) >= 11 is 1.61. The van der Waals surface area contributed by atoms with Gasteiger partial charge in [-0.2, -0.15) is 0 Å². The Morgan fingerprint density at radius 2 is 1.93 bits per heavy atom. The monoisotopic (exact) mass is 419 g/mol. The molecule has 1 aromatic carbocycles. The molecular weight excluding hydrogens is 398 g/mol. The molecule has 0 saturated heterocycles. The molecule has 0 fully saturated rings. The second-order valence-electron chi connectivity index (χ2n) is 6.88. The Hall–Kier alpha value is -3.39. The zero-order valence-electron chi connectivity index (χ0n) is 16.5. The minimum Gasteiger partial charge on any atom is -0.355 e. The number of benzene rings is 1. The lowest BCUT2D eigenvalue weighted by Gasteiger charge is -2.11. The average molecular weight is 420 g/mol. The highest BCUT2D eigenvalue weighted by atomic mass is 32.1. The van der Waals surface area contributed by atoms with E-state index in [1.807, 2.05) is 23.6 Å². The van der Waals surface area contributed by atoms with Gasteiger partial charge in [-0.3, -0.25) is 19.1 Å². The number of aryl methyl sites for hydroxylation is 2. The predicted octanol–water partition coefficient (Wildman–Crippen LogP) is 2.97. The van der Waals surface area contributed by atoms with Gasteiger partial charge in [0.2, 0.25) is 5.91 Å². The fourth-order valence-corrected chi connectivity index (χ4v) is 4.06. The maximum absolute atomic E-state index is 12.7. The first-order valence-electron chi connectivity index (χ1n) is 9.69. The molecule has 30 heavy (non-hydrogen) atoms. The zero-order valence-corrected chi connectivity index (χ0v) is 17.4. The number of para-hydroxylation sites is 1. The van der Waals surface area contributed by atoms with Crippen LogP contribution in [-0.4, -0.2) is 32.0 Å². The molecule has 0 saturated carbocycles. The molecule has 0 radical (unpaired) electrons. The van der Waals surface area contributed by atoms with Crippen LogP contribution in [0, 0.1) is 6.92 Å². The van der Waals surface area contributed by atoms with E-state index in [2.05, 4.69) is 20.3 Å². The third-order valence-corrected chi connectivity index (χ3v) is 5.68. The first-order valence-corrected chi connectivity index (χ1v) is 10.6. The molecule has 0 bridgehead atoms. The highest BCUT2D eigenvalue weighted by Gasteiger charge is 2.11. The summed E-state index contributed by atoms with van der Waals surface area (Å²) in [7, 11) is 0. The Balaban J connectivity index is 1.30. The van der Waals surface area contributed by atoms with Crippen LogP contribution in [0.25, 0.3) is 22.2 Å². The number of hydrogen-bond donors (Lipinski definition) is 1. The average Bonchev–Trinajstić information content (AvgIpc) is 3.24. The van der Waals surface area contributed by atoms with Crippen LogP contribution in [0.15, 0.2) is 59.0 Å². The Morgan fingerprint density at radius 1 is 1.13 bits per heavy atom. The zero-order chi connectivity index (χ0) is 20.9. The Kier molecular flexibility index (Phi) is 5.94. The van der Waals surface area contributed by atoms with Crippen molar-refractivity contribution >= 4 is 28.1 Å². The molecule has 8 heteroatoms. The van der Waals surface area contributed by atoms with E-state index in [-0.39, 0.29) is 18.0 Å². The van der Waals surface area contributed by atoms with Crippen molar-refractivity contribution in [3.8, 4) is 11.3 Å². The van der Waals surface area contributed by atoms with Crippen LogP contribution in [0.4, 0.5) is 0 Å². The maximum atomic E-state index is 12.7. The molecule has 0 unspecified atom stereocenters. The number of nitrogens with zero attached hydrogens (tertiary/aromatic N) is 4. The van der Waals surface area contributed by atoms with Crippen molar-refractivity contribution in [1.82, 2.24) is 24.8 Å². The molecule has 0 aliphatic heterocycles. The van der Waals surface area contributed by atoms with E-state index >= 15 is 0 Å². The normalized spacial score (nSPS) is 11.0. The third-order valence-electron chi connectivity index (χ3n) is 4.77. The van der Waals surface area contributed by atoms with E-state index in [0.29, 0.717) is 23.3 Å². The lowest BCUT2D eigenvalue weighted by molar-refractivity contribution is -0.121. The lowest BCUT2D eigenvalue weighted by Crippen LogP contribution is -2.34. The molecule has 0 spiro atoms. The fourth-order valence-electron chi connectivity index (χ4n) is 3.21. The summed E-state index contributed by atoms with van der Waals surface area (Å²) in [5, 5.41) is 6.47. The summed E-state index contributed by atoms with van der Waals surface area (Å²) in [4.78, 5) is 38.1. The van der Waals surface area contributed by atoms with Crippen molar-refractivity contribution in [2.24, 2.45) is 0 Å². The van der Waals surface area contributed by atoms with Gasteiger partial charge in [-0.1, -0.05) is 12.1 Å².